The summed E-state index contributed by atoms with van der Waals surface area (Å²) in [5.74, 6) is -0.975. The van der Waals surface area contributed by atoms with Crippen LogP contribution in [0.3, 0.4) is 0 Å². The first kappa shape index (κ1) is 25.2. The van der Waals surface area contributed by atoms with Crippen LogP contribution in [-0.4, -0.2) is 39.4 Å². The molecule has 2 aromatic rings. The van der Waals surface area contributed by atoms with Crippen LogP contribution in [0.15, 0.2) is 42.6 Å². The van der Waals surface area contributed by atoms with Crippen molar-refractivity contribution >= 4 is 29.4 Å². The molecule has 2 N–H and O–H groups in total. The Morgan fingerprint density at radius 3 is 2.44 bits per heavy atom. The molecule has 2 atom stereocenters. The van der Waals surface area contributed by atoms with Gasteiger partial charge in [0.05, 0.1) is 17.4 Å². The second kappa shape index (κ2) is 9.83. The molecule has 0 bridgehead atoms. The van der Waals surface area contributed by atoms with Gasteiger partial charge in [0.1, 0.15) is 11.4 Å². The number of aromatic nitrogens is 1. The zero-order valence-corrected chi connectivity index (χ0v) is 20.8. The van der Waals surface area contributed by atoms with E-state index in [9.17, 15) is 14.4 Å². The maximum absolute atomic E-state index is 13.4. The van der Waals surface area contributed by atoms with Gasteiger partial charge in [0, 0.05) is 6.04 Å². The summed E-state index contributed by atoms with van der Waals surface area (Å²) in [7, 11) is 0. The molecule has 3 rings (SSSR count). The number of ether oxygens (including phenoxy) is 1. The number of rotatable bonds is 3. The van der Waals surface area contributed by atoms with Crippen molar-refractivity contribution in [3.63, 3.8) is 0 Å². The number of amides is 3. The van der Waals surface area contributed by atoms with Crippen LogP contribution in [0.25, 0.3) is 0 Å². The fraction of sp³-hybridized carbons (Fsp3) is 0.462. The minimum absolute atomic E-state index is 0.0718. The number of piperidine rings is 1. The van der Waals surface area contributed by atoms with Gasteiger partial charge in [0.25, 0.3) is 0 Å². The fourth-order valence-corrected chi connectivity index (χ4v) is 4.45. The van der Waals surface area contributed by atoms with E-state index in [1.54, 1.807) is 38.7 Å². The number of hydrogen-bond donors (Lipinski definition) is 2. The normalized spacial score (nSPS) is 20.4. The standard InChI is InChI=1S/C26H34N4O4/c1-17-15-20(16-27-21(17)29-24(33)34-25(3,4)5)28-22(31)23(32)30-18(2)11-10-14-26(30,6)19-12-8-7-9-13-19/h7-9,12-13,15-16,18H,10-11,14H2,1-6H3,(H,28,31)(H,27,29,33)/t18-,26+/m1/s1. The fourth-order valence-electron chi connectivity index (χ4n) is 4.45. The highest BCUT2D eigenvalue weighted by atomic mass is 16.6. The van der Waals surface area contributed by atoms with Gasteiger partial charge in [-0.1, -0.05) is 30.3 Å². The van der Waals surface area contributed by atoms with Gasteiger partial charge in [-0.25, -0.2) is 9.78 Å². The highest BCUT2D eigenvalue weighted by Gasteiger charge is 2.44. The van der Waals surface area contributed by atoms with Crippen molar-refractivity contribution in [2.75, 3.05) is 10.6 Å². The van der Waals surface area contributed by atoms with Gasteiger partial charge in [-0.3, -0.25) is 14.9 Å². The molecule has 8 nitrogen and oxygen atoms in total. The number of carbonyl (C=O) groups is 3. The van der Waals surface area contributed by atoms with E-state index in [2.05, 4.69) is 15.6 Å². The second-order valence-corrected chi connectivity index (χ2v) is 10.0. The van der Waals surface area contributed by atoms with E-state index in [0.717, 1.165) is 24.8 Å². The van der Waals surface area contributed by atoms with Crippen LogP contribution in [0.5, 0.6) is 0 Å². The Balaban J connectivity index is 1.75. The van der Waals surface area contributed by atoms with Crippen molar-refractivity contribution in [1.29, 1.82) is 0 Å². The number of benzene rings is 1. The van der Waals surface area contributed by atoms with Crippen molar-refractivity contribution in [3.05, 3.63) is 53.7 Å². The predicted octanol–water partition coefficient (Wildman–Crippen LogP) is 4.99. The minimum atomic E-state index is -0.718. The molecule has 0 unspecified atom stereocenters. The molecule has 1 aliphatic heterocycles. The molecule has 8 heteroatoms. The average Bonchev–Trinajstić information content (AvgIpc) is 2.74. The van der Waals surface area contributed by atoms with Crippen molar-refractivity contribution in [2.24, 2.45) is 0 Å². The van der Waals surface area contributed by atoms with Gasteiger partial charge < -0.3 is 15.0 Å². The lowest BCUT2D eigenvalue weighted by molar-refractivity contribution is -0.152. The number of nitrogens with zero attached hydrogens (tertiary/aromatic N) is 2. The van der Waals surface area contributed by atoms with E-state index in [1.165, 1.54) is 6.20 Å². The van der Waals surface area contributed by atoms with E-state index >= 15 is 0 Å². The number of likely N-dealkylation sites (tertiary alicyclic amines) is 1. The van der Waals surface area contributed by atoms with Crippen LogP contribution in [0, 0.1) is 6.92 Å². The molecule has 1 saturated heterocycles. The molecule has 0 spiro atoms. The van der Waals surface area contributed by atoms with Gasteiger partial charge in [-0.2, -0.15) is 0 Å². The first-order valence-electron chi connectivity index (χ1n) is 11.6. The number of carbonyl (C=O) groups excluding carboxylic acids is 3. The second-order valence-electron chi connectivity index (χ2n) is 10.0. The Morgan fingerprint density at radius 2 is 1.82 bits per heavy atom. The molecule has 1 aliphatic rings. The van der Waals surface area contributed by atoms with Gasteiger partial charge in [0.2, 0.25) is 0 Å². The number of aryl methyl sites for hydroxylation is 1. The third kappa shape index (κ3) is 5.73. The largest absolute Gasteiger partial charge is 0.444 e. The molecule has 34 heavy (non-hydrogen) atoms. The van der Waals surface area contributed by atoms with E-state index < -0.39 is 29.0 Å². The molecule has 182 valence electrons. The zero-order valence-electron chi connectivity index (χ0n) is 20.8. The van der Waals surface area contributed by atoms with Gasteiger partial charge in [-0.05, 0) is 78.0 Å². The summed E-state index contributed by atoms with van der Waals surface area (Å²) < 4.78 is 5.25. The first-order chi connectivity index (χ1) is 15.9. The van der Waals surface area contributed by atoms with Gasteiger partial charge in [-0.15, -0.1) is 0 Å². The van der Waals surface area contributed by atoms with Crippen LogP contribution in [0.4, 0.5) is 16.3 Å². The summed E-state index contributed by atoms with van der Waals surface area (Å²) in [6.07, 6.45) is 3.39. The minimum Gasteiger partial charge on any atom is -0.444 e. The Labute approximate surface area is 201 Å². The van der Waals surface area contributed by atoms with Gasteiger partial charge >= 0.3 is 17.9 Å². The molecular formula is C26H34N4O4. The maximum Gasteiger partial charge on any atom is 0.413 e. The topological polar surface area (TPSA) is 101 Å². The molecule has 0 radical (unpaired) electrons. The summed E-state index contributed by atoms with van der Waals surface area (Å²) in [5, 5.41) is 5.27. The lowest BCUT2D eigenvalue weighted by Gasteiger charge is -2.48. The van der Waals surface area contributed by atoms with E-state index in [1.807, 2.05) is 44.2 Å². The Morgan fingerprint density at radius 1 is 1.15 bits per heavy atom. The zero-order chi connectivity index (χ0) is 25.1. The van der Waals surface area contributed by atoms with Crippen molar-refractivity contribution in [2.45, 2.75) is 78.0 Å². The Kier molecular flexibility index (Phi) is 7.29. The Hall–Kier alpha value is -3.42. The molecule has 2 heterocycles. The summed E-state index contributed by atoms with van der Waals surface area (Å²) in [5.41, 5.74) is 0.806. The van der Waals surface area contributed by atoms with Crippen LogP contribution >= 0.6 is 0 Å². The smallest absolute Gasteiger partial charge is 0.413 e. The first-order valence-corrected chi connectivity index (χ1v) is 11.6. The quantitative estimate of drug-likeness (QED) is 0.621. The van der Waals surface area contributed by atoms with E-state index in [4.69, 9.17) is 4.74 Å². The summed E-state index contributed by atoms with van der Waals surface area (Å²) in [6.45, 7) is 11.1. The molecule has 1 fully saturated rings. The van der Waals surface area contributed by atoms with E-state index in [-0.39, 0.29) is 6.04 Å². The highest BCUT2D eigenvalue weighted by molar-refractivity contribution is 6.39. The monoisotopic (exact) mass is 466 g/mol. The maximum atomic E-state index is 13.4. The van der Waals surface area contributed by atoms with E-state index in [0.29, 0.717) is 17.1 Å². The third-order valence-corrected chi connectivity index (χ3v) is 6.02. The molecule has 1 aromatic heterocycles. The van der Waals surface area contributed by atoms with Crippen molar-refractivity contribution < 1.29 is 19.1 Å². The average molecular weight is 467 g/mol. The SMILES string of the molecule is Cc1cc(NC(=O)C(=O)N2[C@H](C)CCC[C@@]2(C)c2ccccc2)cnc1NC(=O)OC(C)(C)C. The summed E-state index contributed by atoms with van der Waals surface area (Å²) >= 11 is 0. The number of hydrogen-bond acceptors (Lipinski definition) is 5. The van der Waals surface area contributed by atoms with Gasteiger partial charge in [0.15, 0.2) is 0 Å². The van der Waals surface area contributed by atoms with Crippen LogP contribution in [0.1, 0.15) is 65.0 Å². The highest BCUT2D eigenvalue weighted by Crippen LogP contribution is 2.40. The lowest BCUT2D eigenvalue weighted by Crippen LogP contribution is -2.57. The van der Waals surface area contributed by atoms with Crippen LogP contribution in [0.2, 0.25) is 0 Å². The number of nitrogens with one attached hydrogen (secondary N) is 2. The molecule has 3 amide bonds. The van der Waals surface area contributed by atoms with Crippen LogP contribution in [-0.2, 0) is 19.9 Å². The third-order valence-electron chi connectivity index (χ3n) is 6.02. The molecule has 0 saturated carbocycles. The summed E-state index contributed by atoms with van der Waals surface area (Å²) in [6, 6.07) is 11.4. The van der Waals surface area contributed by atoms with Crippen LogP contribution < -0.4 is 10.6 Å². The molecule has 0 aliphatic carbocycles. The predicted molar refractivity (Wildman–Crippen MR) is 131 cm³/mol. The number of pyridine rings is 1. The Bertz CT molecular complexity index is 1060. The summed E-state index contributed by atoms with van der Waals surface area (Å²) in [4.78, 5) is 44.3. The lowest BCUT2D eigenvalue weighted by atomic mass is 9.79. The van der Waals surface area contributed by atoms with Crippen molar-refractivity contribution in [1.82, 2.24) is 9.88 Å². The molecule has 1 aromatic carbocycles. The molecular weight excluding hydrogens is 432 g/mol. The van der Waals surface area contributed by atoms with Crippen molar-refractivity contribution in [3.8, 4) is 0 Å². The number of anilines is 2.